The molecular formula is C12H26N2. The third kappa shape index (κ3) is 1.70. The number of nitrogens with two attached hydrogens (primary N) is 1. The first-order valence-corrected chi connectivity index (χ1v) is 5.84. The third-order valence-electron chi connectivity index (χ3n) is 4.73. The molecule has 0 bridgehead atoms. The molecule has 1 rings (SSSR count). The molecule has 2 unspecified atom stereocenters. The molecule has 1 saturated carbocycles. The van der Waals surface area contributed by atoms with Gasteiger partial charge in [-0.05, 0) is 45.6 Å². The summed E-state index contributed by atoms with van der Waals surface area (Å²) in [6.45, 7) is 10.0. The van der Waals surface area contributed by atoms with Gasteiger partial charge >= 0.3 is 0 Å². The molecule has 0 aliphatic heterocycles. The van der Waals surface area contributed by atoms with Gasteiger partial charge in [0, 0.05) is 18.1 Å². The van der Waals surface area contributed by atoms with Crippen molar-refractivity contribution in [2.45, 2.75) is 58.5 Å². The highest BCUT2D eigenvalue weighted by atomic mass is 15.2. The minimum atomic E-state index is 0.183. The summed E-state index contributed by atoms with van der Waals surface area (Å²) in [5.41, 5.74) is 6.63. The zero-order valence-corrected chi connectivity index (χ0v) is 10.4. The second-order valence-corrected chi connectivity index (χ2v) is 5.41. The predicted molar refractivity (Wildman–Crippen MR) is 62.3 cm³/mol. The van der Waals surface area contributed by atoms with E-state index >= 15 is 0 Å². The highest BCUT2D eigenvalue weighted by Gasteiger charge is 2.54. The largest absolute Gasteiger partial charge is 0.329 e. The Balaban J connectivity index is 2.78. The van der Waals surface area contributed by atoms with Gasteiger partial charge in [0.1, 0.15) is 0 Å². The molecule has 2 heteroatoms. The molecule has 0 aromatic heterocycles. The molecule has 14 heavy (non-hydrogen) atoms. The molecule has 0 aromatic carbocycles. The van der Waals surface area contributed by atoms with Crippen molar-refractivity contribution in [3.05, 3.63) is 0 Å². The van der Waals surface area contributed by atoms with Gasteiger partial charge in [0.2, 0.25) is 0 Å². The van der Waals surface area contributed by atoms with Gasteiger partial charge in [-0.25, -0.2) is 0 Å². The average Bonchev–Trinajstić information content (AvgIpc) is 2.94. The lowest BCUT2D eigenvalue weighted by atomic mass is 9.81. The van der Waals surface area contributed by atoms with Crippen molar-refractivity contribution in [3.8, 4) is 0 Å². The summed E-state index contributed by atoms with van der Waals surface area (Å²) in [4.78, 5) is 2.49. The van der Waals surface area contributed by atoms with Crippen molar-refractivity contribution >= 4 is 0 Å². The number of likely N-dealkylation sites (N-methyl/N-ethyl adjacent to an activating group) is 1. The van der Waals surface area contributed by atoms with Gasteiger partial charge < -0.3 is 5.73 Å². The lowest BCUT2D eigenvalue weighted by Gasteiger charge is -2.46. The van der Waals surface area contributed by atoms with Crippen LogP contribution in [0.15, 0.2) is 0 Å². The third-order valence-corrected chi connectivity index (χ3v) is 4.73. The Bertz CT molecular complexity index is 198. The number of nitrogens with zero attached hydrogens (tertiary/aromatic N) is 1. The van der Waals surface area contributed by atoms with Crippen molar-refractivity contribution < 1.29 is 0 Å². The highest BCUT2D eigenvalue weighted by molar-refractivity contribution is 5.09. The van der Waals surface area contributed by atoms with E-state index in [0.29, 0.717) is 11.5 Å². The van der Waals surface area contributed by atoms with Gasteiger partial charge in [0.15, 0.2) is 0 Å². The summed E-state index contributed by atoms with van der Waals surface area (Å²) in [7, 11) is 2.23. The average molecular weight is 198 g/mol. The van der Waals surface area contributed by atoms with E-state index < -0.39 is 0 Å². The highest BCUT2D eigenvalue weighted by Crippen LogP contribution is 2.55. The molecule has 0 spiro atoms. The molecule has 0 saturated heterocycles. The Hall–Kier alpha value is -0.0800. The Morgan fingerprint density at radius 1 is 1.50 bits per heavy atom. The lowest BCUT2D eigenvalue weighted by molar-refractivity contribution is 0.0389. The van der Waals surface area contributed by atoms with Crippen LogP contribution in [0.2, 0.25) is 0 Å². The van der Waals surface area contributed by atoms with E-state index in [4.69, 9.17) is 5.73 Å². The number of hydrogen-bond donors (Lipinski definition) is 1. The molecule has 0 heterocycles. The van der Waals surface area contributed by atoms with Gasteiger partial charge in [-0.2, -0.15) is 0 Å². The zero-order chi connectivity index (χ0) is 11.0. The summed E-state index contributed by atoms with van der Waals surface area (Å²) in [6.07, 6.45) is 3.87. The molecule has 1 aliphatic carbocycles. The van der Waals surface area contributed by atoms with Crippen LogP contribution in [0.3, 0.4) is 0 Å². The Labute approximate surface area is 88.8 Å². The fourth-order valence-corrected chi connectivity index (χ4v) is 2.30. The van der Waals surface area contributed by atoms with Crippen molar-refractivity contribution in [2.75, 3.05) is 13.6 Å². The van der Waals surface area contributed by atoms with Gasteiger partial charge in [-0.15, -0.1) is 0 Å². The predicted octanol–water partition coefficient (Wildman–Crippen LogP) is 2.23. The van der Waals surface area contributed by atoms with E-state index in [1.54, 1.807) is 0 Å². The van der Waals surface area contributed by atoms with E-state index in [2.05, 4.69) is 39.6 Å². The maximum atomic E-state index is 5.98. The minimum Gasteiger partial charge on any atom is -0.329 e. The first kappa shape index (κ1) is 12.0. The molecule has 1 fully saturated rings. The topological polar surface area (TPSA) is 29.3 Å². The molecule has 84 valence electrons. The van der Waals surface area contributed by atoms with Gasteiger partial charge in [-0.1, -0.05) is 13.8 Å². The molecule has 0 amide bonds. The molecule has 2 nitrogen and oxygen atoms in total. The zero-order valence-electron chi connectivity index (χ0n) is 10.4. The van der Waals surface area contributed by atoms with Crippen LogP contribution in [-0.4, -0.2) is 30.1 Å². The first-order valence-electron chi connectivity index (χ1n) is 5.84. The summed E-state index contributed by atoms with van der Waals surface area (Å²) in [6, 6.07) is 0.626. The van der Waals surface area contributed by atoms with Crippen LogP contribution in [0.1, 0.15) is 47.0 Å². The fraction of sp³-hybridized carbons (Fsp3) is 1.00. The van der Waals surface area contributed by atoms with Gasteiger partial charge in [0.25, 0.3) is 0 Å². The smallest absolute Gasteiger partial charge is 0.0356 e. The second kappa shape index (κ2) is 3.82. The van der Waals surface area contributed by atoms with Crippen molar-refractivity contribution in [3.63, 3.8) is 0 Å². The van der Waals surface area contributed by atoms with E-state index in [0.717, 1.165) is 6.54 Å². The molecular weight excluding hydrogens is 172 g/mol. The van der Waals surface area contributed by atoms with Crippen molar-refractivity contribution in [1.29, 1.82) is 0 Å². The second-order valence-electron chi connectivity index (χ2n) is 5.41. The van der Waals surface area contributed by atoms with Crippen LogP contribution in [0, 0.1) is 5.41 Å². The van der Waals surface area contributed by atoms with Crippen molar-refractivity contribution in [1.82, 2.24) is 4.90 Å². The van der Waals surface area contributed by atoms with Crippen LogP contribution in [-0.2, 0) is 0 Å². The first-order chi connectivity index (χ1) is 6.41. The van der Waals surface area contributed by atoms with Crippen LogP contribution >= 0.6 is 0 Å². The van der Waals surface area contributed by atoms with Crippen molar-refractivity contribution in [2.24, 2.45) is 11.1 Å². The molecule has 2 N–H and O–H groups in total. The van der Waals surface area contributed by atoms with E-state index in [9.17, 15) is 0 Å². The molecule has 0 radical (unpaired) electrons. The molecule has 0 aromatic rings. The van der Waals surface area contributed by atoms with Crippen LogP contribution < -0.4 is 5.73 Å². The van der Waals surface area contributed by atoms with Crippen LogP contribution in [0.25, 0.3) is 0 Å². The van der Waals surface area contributed by atoms with Gasteiger partial charge in [-0.3, -0.25) is 4.90 Å². The Morgan fingerprint density at radius 3 is 2.29 bits per heavy atom. The summed E-state index contributed by atoms with van der Waals surface area (Å²) < 4.78 is 0. The maximum Gasteiger partial charge on any atom is 0.0356 e. The number of hydrogen-bond acceptors (Lipinski definition) is 2. The summed E-state index contributed by atoms with van der Waals surface area (Å²) in [5, 5.41) is 0. The SMILES string of the molecule is CCC(C)N(C)C(C)(CN)C1(C)CC1. The van der Waals surface area contributed by atoms with E-state index in [1.165, 1.54) is 19.3 Å². The fourth-order valence-electron chi connectivity index (χ4n) is 2.30. The van der Waals surface area contributed by atoms with E-state index in [-0.39, 0.29) is 5.54 Å². The van der Waals surface area contributed by atoms with Crippen LogP contribution in [0.4, 0.5) is 0 Å². The van der Waals surface area contributed by atoms with Gasteiger partial charge in [0.05, 0.1) is 0 Å². The lowest BCUT2D eigenvalue weighted by Crippen LogP contribution is -2.58. The standard InChI is InChI=1S/C12H26N2/c1-6-10(2)14(5)12(4,9-13)11(3)7-8-11/h10H,6-9,13H2,1-5H3. The number of rotatable bonds is 5. The maximum absolute atomic E-state index is 5.98. The summed E-state index contributed by atoms with van der Waals surface area (Å²) in [5.74, 6) is 0. The van der Waals surface area contributed by atoms with Crippen LogP contribution in [0.5, 0.6) is 0 Å². The quantitative estimate of drug-likeness (QED) is 0.734. The molecule has 1 aliphatic rings. The Kier molecular flexibility index (Phi) is 3.27. The van der Waals surface area contributed by atoms with E-state index in [1.807, 2.05) is 0 Å². The molecule has 2 atom stereocenters. The minimum absolute atomic E-state index is 0.183. The Morgan fingerprint density at radius 2 is 2.00 bits per heavy atom. The summed E-state index contributed by atoms with van der Waals surface area (Å²) >= 11 is 0. The monoisotopic (exact) mass is 198 g/mol. The normalized spacial score (nSPS) is 25.9.